The molecule has 3 aromatic carbocycles. The monoisotopic (exact) mass is 380 g/mol. The maximum atomic E-state index is 12.6. The summed E-state index contributed by atoms with van der Waals surface area (Å²) in [6.45, 7) is 0. The molecule has 4 rings (SSSR count). The predicted molar refractivity (Wildman–Crippen MR) is 115 cm³/mol. The molecule has 0 atom stereocenters. The number of hydrogen-bond donors (Lipinski definition) is 0. The van der Waals surface area contributed by atoms with Crippen molar-refractivity contribution < 1.29 is 9.53 Å². The van der Waals surface area contributed by atoms with Crippen LogP contribution < -0.4 is 4.74 Å². The number of para-hydroxylation sites is 1. The highest BCUT2D eigenvalue weighted by Crippen LogP contribution is 2.25. The molecule has 0 fully saturated rings. The Hall–Kier alpha value is -3.92. The molecule has 4 nitrogen and oxygen atoms in total. The van der Waals surface area contributed by atoms with E-state index in [2.05, 4.69) is 0 Å². The molecule has 0 unspecified atom stereocenters. The number of aromatic nitrogens is 2. The van der Waals surface area contributed by atoms with E-state index in [9.17, 15) is 4.79 Å². The van der Waals surface area contributed by atoms with Crippen LogP contribution in [0.15, 0.2) is 97.2 Å². The van der Waals surface area contributed by atoms with E-state index in [1.807, 2.05) is 77.6 Å². The van der Waals surface area contributed by atoms with Crippen LogP contribution in [0.4, 0.5) is 0 Å². The molecule has 0 radical (unpaired) electrons. The minimum Gasteiger partial charge on any atom is -0.497 e. The van der Waals surface area contributed by atoms with E-state index in [4.69, 9.17) is 9.84 Å². The minimum atomic E-state index is -0.0703. The number of rotatable bonds is 6. The number of benzene rings is 3. The van der Waals surface area contributed by atoms with Crippen LogP contribution in [0.5, 0.6) is 5.75 Å². The Bertz CT molecular complexity index is 1130. The van der Waals surface area contributed by atoms with Crippen molar-refractivity contribution in [3.05, 3.63) is 108 Å². The highest BCUT2D eigenvalue weighted by atomic mass is 16.5. The van der Waals surface area contributed by atoms with E-state index >= 15 is 0 Å². The van der Waals surface area contributed by atoms with Crippen molar-refractivity contribution >= 4 is 11.9 Å². The Morgan fingerprint density at radius 1 is 0.897 bits per heavy atom. The van der Waals surface area contributed by atoms with Crippen LogP contribution in [0.25, 0.3) is 23.0 Å². The second-order valence-corrected chi connectivity index (χ2v) is 6.51. The largest absolute Gasteiger partial charge is 0.497 e. The quantitative estimate of drug-likeness (QED) is 0.330. The molecule has 0 aliphatic rings. The topological polar surface area (TPSA) is 44.1 Å². The Labute approximate surface area is 169 Å². The number of carbonyl (C=O) groups is 1. The van der Waals surface area contributed by atoms with E-state index in [1.165, 1.54) is 0 Å². The Balaban J connectivity index is 1.68. The molecule has 1 heterocycles. The van der Waals surface area contributed by atoms with Gasteiger partial charge in [-0.1, -0.05) is 48.5 Å². The molecular formula is C25H20N2O2. The lowest BCUT2D eigenvalue weighted by Gasteiger charge is -2.00. The van der Waals surface area contributed by atoms with Gasteiger partial charge >= 0.3 is 0 Å². The summed E-state index contributed by atoms with van der Waals surface area (Å²) in [5.74, 6) is 0.653. The fourth-order valence-corrected chi connectivity index (χ4v) is 3.06. The molecule has 0 saturated carbocycles. The van der Waals surface area contributed by atoms with Crippen LogP contribution in [0, 0.1) is 0 Å². The molecule has 0 aliphatic heterocycles. The minimum absolute atomic E-state index is 0.0703. The van der Waals surface area contributed by atoms with E-state index in [0.29, 0.717) is 5.56 Å². The number of nitrogens with zero attached hydrogens (tertiary/aromatic N) is 2. The Morgan fingerprint density at radius 2 is 1.55 bits per heavy atom. The lowest BCUT2D eigenvalue weighted by atomic mass is 10.1. The number of allylic oxidation sites excluding steroid dienone is 1. The van der Waals surface area contributed by atoms with E-state index < -0.39 is 0 Å². The lowest BCUT2D eigenvalue weighted by Crippen LogP contribution is -1.94. The first-order valence-electron chi connectivity index (χ1n) is 9.31. The summed E-state index contributed by atoms with van der Waals surface area (Å²) in [5.41, 5.74) is 4.28. The first-order valence-corrected chi connectivity index (χ1v) is 9.31. The molecule has 0 bridgehead atoms. The third-order valence-electron chi connectivity index (χ3n) is 4.60. The van der Waals surface area contributed by atoms with E-state index in [1.54, 1.807) is 37.5 Å². The van der Waals surface area contributed by atoms with Crippen molar-refractivity contribution in [1.82, 2.24) is 9.78 Å². The molecule has 4 heteroatoms. The zero-order valence-corrected chi connectivity index (χ0v) is 16.0. The van der Waals surface area contributed by atoms with Crippen molar-refractivity contribution in [2.24, 2.45) is 0 Å². The van der Waals surface area contributed by atoms with Crippen molar-refractivity contribution in [2.45, 2.75) is 0 Å². The van der Waals surface area contributed by atoms with Crippen LogP contribution in [-0.4, -0.2) is 22.7 Å². The van der Waals surface area contributed by atoms with Crippen LogP contribution in [0.3, 0.4) is 0 Å². The molecule has 0 N–H and O–H groups in total. The third kappa shape index (κ3) is 4.17. The lowest BCUT2D eigenvalue weighted by molar-refractivity contribution is 0.104. The standard InChI is InChI=1S/C25H20N2O2/c1-29-23-15-12-19(13-16-23)24(28)17-14-21-18-27(22-10-6-3-7-11-22)26-25(21)20-8-4-2-5-9-20/h2-18H,1H3. The van der Waals surface area contributed by atoms with Gasteiger partial charge in [0.15, 0.2) is 5.78 Å². The van der Waals surface area contributed by atoms with E-state index in [-0.39, 0.29) is 5.78 Å². The predicted octanol–water partition coefficient (Wildman–Crippen LogP) is 5.44. The normalized spacial score (nSPS) is 10.9. The second-order valence-electron chi connectivity index (χ2n) is 6.51. The fourth-order valence-electron chi connectivity index (χ4n) is 3.06. The van der Waals surface area contributed by atoms with Gasteiger partial charge in [0.2, 0.25) is 0 Å². The average Bonchev–Trinajstić information content (AvgIpc) is 3.23. The van der Waals surface area contributed by atoms with Crippen molar-refractivity contribution in [2.75, 3.05) is 7.11 Å². The molecule has 0 aliphatic carbocycles. The number of ketones is 1. The van der Waals surface area contributed by atoms with Gasteiger partial charge in [0.1, 0.15) is 5.75 Å². The zero-order chi connectivity index (χ0) is 20.1. The molecule has 142 valence electrons. The smallest absolute Gasteiger partial charge is 0.185 e. The molecule has 0 saturated heterocycles. The summed E-state index contributed by atoms with van der Waals surface area (Å²) in [5, 5.41) is 4.76. The molecule has 1 aromatic heterocycles. The summed E-state index contributed by atoms with van der Waals surface area (Å²) in [6, 6.07) is 27.0. The van der Waals surface area contributed by atoms with Crippen molar-refractivity contribution in [3.8, 4) is 22.7 Å². The summed E-state index contributed by atoms with van der Waals surface area (Å²) >= 11 is 0. The molecule has 0 spiro atoms. The van der Waals surface area contributed by atoms with Gasteiger partial charge in [0.05, 0.1) is 18.5 Å². The van der Waals surface area contributed by atoms with Gasteiger partial charge in [-0.25, -0.2) is 4.68 Å². The van der Waals surface area contributed by atoms with Crippen LogP contribution >= 0.6 is 0 Å². The Kier molecular flexibility index (Phi) is 5.34. The number of methoxy groups -OCH3 is 1. The molecule has 29 heavy (non-hydrogen) atoms. The summed E-state index contributed by atoms with van der Waals surface area (Å²) in [7, 11) is 1.60. The highest BCUT2D eigenvalue weighted by molar-refractivity contribution is 6.07. The third-order valence-corrected chi connectivity index (χ3v) is 4.60. The van der Waals surface area contributed by atoms with Crippen LogP contribution in [0.1, 0.15) is 15.9 Å². The number of ether oxygens (including phenoxy) is 1. The maximum Gasteiger partial charge on any atom is 0.185 e. The number of hydrogen-bond acceptors (Lipinski definition) is 3. The van der Waals surface area contributed by atoms with Gasteiger partial charge in [-0.2, -0.15) is 5.10 Å². The Morgan fingerprint density at radius 3 is 2.21 bits per heavy atom. The first-order chi connectivity index (χ1) is 14.2. The highest BCUT2D eigenvalue weighted by Gasteiger charge is 2.11. The maximum absolute atomic E-state index is 12.6. The average molecular weight is 380 g/mol. The van der Waals surface area contributed by atoms with Gasteiger partial charge in [-0.15, -0.1) is 0 Å². The van der Waals surface area contributed by atoms with E-state index in [0.717, 1.165) is 28.3 Å². The first kappa shape index (κ1) is 18.4. The molecule has 0 amide bonds. The van der Waals surface area contributed by atoms with Gasteiger partial charge in [-0.05, 0) is 48.6 Å². The van der Waals surface area contributed by atoms with Crippen molar-refractivity contribution in [3.63, 3.8) is 0 Å². The molecular weight excluding hydrogens is 360 g/mol. The van der Waals surface area contributed by atoms with Crippen molar-refractivity contribution in [1.29, 1.82) is 0 Å². The number of carbonyl (C=O) groups excluding carboxylic acids is 1. The van der Waals surface area contributed by atoms with Gasteiger partial charge in [-0.3, -0.25) is 4.79 Å². The molecule has 4 aromatic rings. The summed E-state index contributed by atoms with van der Waals surface area (Å²) < 4.78 is 6.98. The SMILES string of the molecule is COc1ccc(C(=O)C=Cc2cn(-c3ccccc3)nc2-c2ccccc2)cc1. The van der Waals surface area contributed by atoms with Crippen LogP contribution in [-0.2, 0) is 0 Å². The second kappa shape index (κ2) is 8.40. The van der Waals surface area contributed by atoms with Gasteiger partial charge in [0, 0.05) is 22.9 Å². The summed E-state index contributed by atoms with van der Waals surface area (Å²) in [4.78, 5) is 12.6. The fraction of sp³-hybridized carbons (Fsp3) is 0.0400. The van der Waals surface area contributed by atoms with Crippen LogP contribution in [0.2, 0.25) is 0 Å². The van der Waals surface area contributed by atoms with Gasteiger partial charge < -0.3 is 4.74 Å². The van der Waals surface area contributed by atoms with Gasteiger partial charge in [0.25, 0.3) is 0 Å². The summed E-state index contributed by atoms with van der Waals surface area (Å²) in [6.07, 6.45) is 5.34. The zero-order valence-electron chi connectivity index (χ0n) is 16.0.